The van der Waals surface area contributed by atoms with E-state index in [4.69, 9.17) is 16.3 Å². The van der Waals surface area contributed by atoms with Crippen molar-refractivity contribution >= 4 is 17.6 Å². The number of unbranched alkanes of at least 4 members (excludes halogenated alkanes) is 4. The van der Waals surface area contributed by atoms with Crippen molar-refractivity contribution in [2.24, 2.45) is 0 Å². The van der Waals surface area contributed by atoms with Gasteiger partial charge in [0.05, 0.1) is 6.61 Å². The van der Waals surface area contributed by atoms with E-state index in [1.54, 1.807) is 13.1 Å². The molecule has 1 rings (SSSR count). The largest absolute Gasteiger partial charge is 0.461 e. The summed E-state index contributed by atoms with van der Waals surface area (Å²) in [6.07, 6.45) is 9.86. The summed E-state index contributed by atoms with van der Waals surface area (Å²) in [6, 6.07) is 0. The average Bonchev–Trinajstić information content (AvgIpc) is 2.51. The van der Waals surface area contributed by atoms with Gasteiger partial charge >= 0.3 is 5.97 Å². The minimum absolute atomic E-state index is 0.0876. The van der Waals surface area contributed by atoms with Crippen LogP contribution in [0.25, 0.3) is 0 Å². The molecule has 0 fully saturated rings. The number of aromatic nitrogens is 2. The predicted octanol–water partition coefficient (Wildman–Crippen LogP) is 5.16. The molecule has 0 saturated carbocycles. The number of halogens is 1. The Morgan fingerprint density at radius 1 is 1.23 bits per heavy atom. The molecule has 0 spiro atoms. The van der Waals surface area contributed by atoms with Crippen molar-refractivity contribution in [3.8, 4) is 0 Å². The number of hydrogen-bond acceptors (Lipinski definition) is 4. The van der Waals surface area contributed by atoms with Crippen molar-refractivity contribution < 1.29 is 9.53 Å². The lowest BCUT2D eigenvalue weighted by atomic mass is 9.90. The van der Waals surface area contributed by atoms with Crippen LogP contribution in [0.15, 0.2) is 6.20 Å². The SMILES string of the molecule is CCCCCCCC(CC)c1cnc(Cl)nc1C(=O)OCC. The van der Waals surface area contributed by atoms with Gasteiger partial charge in [-0.15, -0.1) is 0 Å². The molecule has 0 radical (unpaired) electrons. The molecule has 5 heteroatoms. The summed E-state index contributed by atoms with van der Waals surface area (Å²) in [6.45, 7) is 6.45. The Bertz CT molecular complexity index is 466. The second-order valence-electron chi connectivity index (χ2n) is 5.47. The number of esters is 1. The Morgan fingerprint density at radius 2 is 1.95 bits per heavy atom. The summed E-state index contributed by atoms with van der Waals surface area (Å²) in [4.78, 5) is 20.2. The molecule has 1 aromatic rings. The van der Waals surface area contributed by atoms with Crippen molar-refractivity contribution in [2.45, 2.75) is 71.6 Å². The highest BCUT2D eigenvalue weighted by atomic mass is 35.5. The molecule has 1 heterocycles. The zero-order valence-electron chi connectivity index (χ0n) is 13.9. The molecule has 1 atom stereocenters. The third-order valence-electron chi connectivity index (χ3n) is 3.85. The van der Waals surface area contributed by atoms with Gasteiger partial charge in [-0.3, -0.25) is 0 Å². The number of carbonyl (C=O) groups excluding carboxylic acids is 1. The monoisotopic (exact) mass is 326 g/mol. The summed E-state index contributed by atoms with van der Waals surface area (Å²) in [5, 5.41) is 0.0876. The summed E-state index contributed by atoms with van der Waals surface area (Å²) in [5.41, 5.74) is 1.18. The maximum atomic E-state index is 12.1. The van der Waals surface area contributed by atoms with E-state index in [0.29, 0.717) is 12.3 Å². The van der Waals surface area contributed by atoms with Crippen molar-refractivity contribution in [1.29, 1.82) is 0 Å². The molecular formula is C17H27ClN2O2. The molecule has 22 heavy (non-hydrogen) atoms. The van der Waals surface area contributed by atoms with E-state index < -0.39 is 5.97 Å². The molecule has 4 nitrogen and oxygen atoms in total. The fourth-order valence-electron chi connectivity index (χ4n) is 2.61. The van der Waals surface area contributed by atoms with Gasteiger partial charge < -0.3 is 4.74 Å². The molecule has 0 N–H and O–H groups in total. The molecule has 0 aromatic carbocycles. The molecule has 0 aliphatic carbocycles. The third-order valence-corrected chi connectivity index (χ3v) is 4.03. The number of ether oxygens (including phenoxy) is 1. The highest BCUT2D eigenvalue weighted by Crippen LogP contribution is 2.28. The van der Waals surface area contributed by atoms with Gasteiger partial charge in [0.1, 0.15) is 0 Å². The Morgan fingerprint density at radius 3 is 2.59 bits per heavy atom. The molecule has 1 unspecified atom stereocenters. The van der Waals surface area contributed by atoms with Crippen molar-refractivity contribution in [1.82, 2.24) is 9.97 Å². The third kappa shape index (κ3) is 5.91. The molecular weight excluding hydrogens is 300 g/mol. The van der Waals surface area contributed by atoms with Crippen LogP contribution in [0.1, 0.15) is 87.7 Å². The molecule has 1 aromatic heterocycles. The van der Waals surface area contributed by atoms with Crippen LogP contribution in [0.2, 0.25) is 5.28 Å². The van der Waals surface area contributed by atoms with E-state index in [9.17, 15) is 4.79 Å². The number of nitrogens with zero attached hydrogens (tertiary/aromatic N) is 2. The molecule has 0 saturated heterocycles. The zero-order chi connectivity index (χ0) is 16.4. The molecule has 124 valence electrons. The van der Waals surface area contributed by atoms with Crippen LogP contribution in [-0.2, 0) is 4.74 Å². The maximum absolute atomic E-state index is 12.1. The number of carbonyl (C=O) groups is 1. The minimum atomic E-state index is -0.411. The van der Waals surface area contributed by atoms with E-state index in [2.05, 4.69) is 23.8 Å². The van der Waals surface area contributed by atoms with Crippen LogP contribution >= 0.6 is 11.6 Å². The van der Waals surface area contributed by atoms with E-state index in [0.717, 1.165) is 24.8 Å². The first-order valence-corrected chi connectivity index (χ1v) is 8.71. The quantitative estimate of drug-likeness (QED) is 0.338. The van der Waals surface area contributed by atoms with E-state index in [-0.39, 0.29) is 11.2 Å². The Balaban J connectivity index is 2.80. The second kappa shape index (κ2) is 10.5. The predicted molar refractivity (Wildman–Crippen MR) is 89.4 cm³/mol. The smallest absolute Gasteiger partial charge is 0.357 e. The summed E-state index contributed by atoms with van der Waals surface area (Å²) < 4.78 is 5.09. The maximum Gasteiger partial charge on any atom is 0.357 e. The van der Waals surface area contributed by atoms with Gasteiger partial charge in [-0.2, -0.15) is 0 Å². The van der Waals surface area contributed by atoms with Crippen molar-refractivity contribution in [3.63, 3.8) is 0 Å². The van der Waals surface area contributed by atoms with Crippen molar-refractivity contribution in [3.05, 3.63) is 22.7 Å². The van der Waals surface area contributed by atoms with Crippen LogP contribution in [0, 0.1) is 0 Å². The number of hydrogen-bond donors (Lipinski definition) is 0. The highest BCUT2D eigenvalue weighted by molar-refractivity contribution is 6.28. The number of rotatable bonds is 10. The first-order valence-electron chi connectivity index (χ1n) is 8.33. The molecule has 0 aliphatic rings. The van der Waals surface area contributed by atoms with Gasteiger partial charge in [0.15, 0.2) is 5.69 Å². The standard InChI is InChI=1S/C17H27ClN2O2/c1-4-7-8-9-10-11-13(5-2)14-12-19-17(18)20-15(14)16(21)22-6-3/h12-13H,4-11H2,1-3H3. The summed E-state index contributed by atoms with van der Waals surface area (Å²) in [7, 11) is 0. The minimum Gasteiger partial charge on any atom is -0.461 e. The Kier molecular flexibility index (Phi) is 9.05. The van der Waals surface area contributed by atoms with Crippen LogP contribution < -0.4 is 0 Å². The van der Waals surface area contributed by atoms with E-state index in [1.165, 1.54) is 25.7 Å². The van der Waals surface area contributed by atoms with Crippen LogP contribution in [-0.4, -0.2) is 22.5 Å². The summed E-state index contributed by atoms with van der Waals surface area (Å²) >= 11 is 5.84. The van der Waals surface area contributed by atoms with Gasteiger partial charge in [0.2, 0.25) is 5.28 Å². The van der Waals surface area contributed by atoms with Crippen LogP contribution in [0.3, 0.4) is 0 Å². The molecule has 0 amide bonds. The Labute approximate surface area is 138 Å². The Hall–Kier alpha value is -1.16. The normalized spacial score (nSPS) is 12.2. The van der Waals surface area contributed by atoms with Gasteiger partial charge in [-0.1, -0.05) is 46.0 Å². The van der Waals surface area contributed by atoms with Gasteiger partial charge in [0, 0.05) is 11.8 Å². The first-order chi connectivity index (χ1) is 10.6. The van der Waals surface area contributed by atoms with Gasteiger partial charge in [0.25, 0.3) is 0 Å². The van der Waals surface area contributed by atoms with Crippen molar-refractivity contribution in [2.75, 3.05) is 6.61 Å². The zero-order valence-corrected chi connectivity index (χ0v) is 14.7. The highest BCUT2D eigenvalue weighted by Gasteiger charge is 2.21. The van der Waals surface area contributed by atoms with Gasteiger partial charge in [-0.25, -0.2) is 14.8 Å². The second-order valence-corrected chi connectivity index (χ2v) is 5.81. The van der Waals surface area contributed by atoms with Crippen LogP contribution in [0.5, 0.6) is 0 Å². The average molecular weight is 327 g/mol. The van der Waals surface area contributed by atoms with E-state index >= 15 is 0 Å². The lowest BCUT2D eigenvalue weighted by Gasteiger charge is -2.17. The lowest BCUT2D eigenvalue weighted by molar-refractivity contribution is 0.0517. The topological polar surface area (TPSA) is 52.1 Å². The van der Waals surface area contributed by atoms with Crippen LogP contribution in [0.4, 0.5) is 0 Å². The molecule has 0 aliphatic heterocycles. The fraction of sp³-hybridized carbons (Fsp3) is 0.706. The molecule has 0 bridgehead atoms. The fourth-order valence-corrected chi connectivity index (χ4v) is 2.74. The van der Waals surface area contributed by atoms with E-state index in [1.807, 2.05) is 0 Å². The first kappa shape index (κ1) is 18.9. The lowest BCUT2D eigenvalue weighted by Crippen LogP contribution is -2.14. The summed E-state index contributed by atoms with van der Waals surface area (Å²) in [5.74, 6) is -0.135. The van der Waals surface area contributed by atoms with Gasteiger partial charge in [-0.05, 0) is 37.3 Å².